The highest BCUT2D eigenvalue weighted by molar-refractivity contribution is 5.89. The Morgan fingerprint density at radius 3 is 2.61 bits per heavy atom. The van der Waals surface area contributed by atoms with Gasteiger partial charge in [-0.2, -0.15) is 13.2 Å². The van der Waals surface area contributed by atoms with Crippen LogP contribution in [0.1, 0.15) is 42.4 Å². The van der Waals surface area contributed by atoms with Gasteiger partial charge in [0.05, 0.1) is 17.8 Å². The molecule has 3 heterocycles. The maximum absolute atomic E-state index is 13.0. The second kappa shape index (κ2) is 8.36. The summed E-state index contributed by atoms with van der Waals surface area (Å²) >= 11 is 0. The topological polar surface area (TPSA) is 61.4 Å². The summed E-state index contributed by atoms with van der Waals surface area (Å²) in [5, 5.41) is 2.60. The third-order valence-corrected chi connectivity index (χ3v) is 5.96. The first-order chi connectivity index (χ1) is 14.7. The van der Waals surface area contributed by atoms with Crippen molar-refractivity contribution in [2.75, 3.05) is 29.9 Å². The van der Waals surface area contributed by atoms with E-state index in [4.69, 9.17) is 0 Å². The van der Waals surface area contributed by atoms with Gasteiger partial charge in [-0.3, -0.25) is 0 Å². The number of alkyl halides is 3. The Morgan fingerprint density at radius 1 is 1.16 bits per heavy atom. The van der Waals surface area contributed by atoms with E-state index in [1.165, 1.54) is 12.1 Å². The van der Waals surface area contributed by atoms with Crippen molar-refractivity contribution >= 4 is 17.5 Å². The lowest BCUT2D eigenvalue weighted by Gasteiger charge is -2.36. The zero-order chi connectivity index (χ0) is 22.2. The molecule has 0 atom stereocenters. The molecule has 9 heteroatoms. The van der Waals surface area contributed by atoms with Crippen LogP contribution in [0.2, 0.25) is 0 Å². The Bertz CT molecular complexity index is 970. The molecular weight excluding hydrogens is 407 g/mol. The van der Waals surface area contributed by atoms with Crippen LogP contribution >= 0.6 is 0 Å². The van der Waals surface area contributed by atoms with Crippen LogP contribution in [0.25, 0.3) is 0 Å². The highest BCUT2D eigenvalue weighted by Crippen LogP contribution is 2.32. The summed E-state index contributed by atoms with van der Waals surface area (Å²) in [5.41, 5.74) is 1.21. The fourth-order valence-corrected chi connectivity index (χ4v) is 4.15. The first-order valence-corrected chi connectivity index (χ1v) is 10.5. The van der Waals surface area contributed by atoms with Gasteiger partial charge in [-0.05, 0) is 43.9 Å². The number of aryl methyl sites for hydroxylation is 1. The molecule has 0 unspecified atom stereocenters. The molecule has 4 rings (SSSR count). The fraction of sp³-hybridized carbons (Fsp3) is 0.500. The smallest absolute Gasteiger partial charge is 0.356 e. The molecule has 0 bridgehead atoms. The van der Waals surface area contributed by atoms with Crippen molar-refractivity contribution in [3.8, 4) is 0 Å². The van der Waals surface area contributed by atoms with Crippen LogP contribution in [0, 0.1) is 12.8 Å². The molecule has 0 radical (unpaired) electrons. The SMILES string of the molecule is Cc1nc2c(c(N3CCC(C)CC3)n1)CN(C(=O)Nc1cccc(C(F)(F)F)c1)CC2. The van der Waals surface area contributed by atoms with Gasteiger partial charge in [-0.15, -0.1) is 0 Å². The average molecular weight is 433 g/mol. The van der Waals surface area contributed by atoms with Crippen molar-refractivity contribution in [3.63, 3.8) is 0 Å². The number of nitrogens with zero attached hydrogens (tertiary/aromatic N) is 4. The number of amides is 2. The molecule has 6 nitrogen and oxygen atoms in total. The van der Waals surface area contributed by atoms with Crippen LogP contribution in [-0.4, -0.2) is 40.5 Å². The normalized spacial score (nSPS) is 17.5. The van der Waals surface area contributed by atoms with Gasteiger partial charge in [-0.1, -0.05) is 13.0 Å². The number of carbonyl (C=O) groups is 1. The number of urea groups is 1. The van der Waals surface area contributed by atoms with E-state index in [1.807, 2.05) is 6.92 Å². The summed E-state index contributed by atoms with van der Waals surface area (Å²) in [4.78, 5) is 26.0. The Hall–Kier alpha value is -2.84. The van der Waals surface area contributed by atoms with E-state index < -0.39 is 17.8 Å². The Labute approximate surface area is 179 Å². The van der Waals surface area contributed by atoms with Crippen LogP contribution in [0.3, 0.4) is 0 Å². The van der Waals surface area contributed by atoms with Crippen molar-refractivity contribution in [2.45, 2.75) is 45.8 Å². The summed E-state index contributed by atoms with van der Waals surface area (Å²) in [6.45, 7) is 6.74. The Balaban J connectivity index is 1.52. The highest BCUT2D eigenvalue weighted by Gasteiger charge is 2.31. The van der Waals surface area contributed by atoms with E-state index in [9.17, 15) is 18.0 Å². The molecule has 2 aliphatic heterocycles. The molecule has 1 aromatic carbocycles. The highest BCUT2D eigenvalue weighted by atomic mass is 19.4. The standard InChI is InChI=1S/C22H26F3N5O/c1-14-6-9-29(10-7-14)20-18-13-30(11-8-19(18)26-15(2)27-20)21(31)28-17-5-3-4-16(12-17)22(23,24)25/h3-5,12,14H,6-11,13H2,1-2H3,(H,28,31). The maximum Gasteiger partial charge on any atom is 0.416 e. The Kier molecular flexibility index (Phi) is 5.77. The number of aromatic nitrogens is 2. The number of carbonyl (C=O) groups excluding carboxylic acids is 1. The predicted octanol–water partition coefficient (Wildman–Crippen LogP) is 4.63. The van der Waals surface area contributed by atoms with Crippen molar-refractivity contribution in [1.82, 2.24) is 14.9 Å². The molecule has 1 saturated heterocycles. The summed E-state index contributed by atoms with van der Waals surface area (Å²) in [6, 6.07) is 4.25. The van der Waals surface area contributed by atoms with Gasteiger partial charge in [0.15, 0.2) is 0 Å². The maximum atomic E-state index is 13.0. The number of rotatable bonds is 2. The molecular formula is C22H26F3N5O. The van der Waals surface area contributed by atoms with Crippen LogP contribution in [0.5, 0.6) is 0 Å². The molecule has 31 heavy (non-hydrogen) atoms. The van der Waals surface area contributed by atoms with Gasteiger partial charge in [0.2, 0.25) is 0 Å². The molecule has 2 amide bonds. The van der Waals surface area contributed by atoms with Gasteiger partial charge in [-0.25, -0.2) is 14.8 Å². The van der Waals surface area contributed by atoms with Crippen LogP contribution in [0.15, 0.2) is 24.3 Å². The Morgan fingerprint density at radius 2 is 1.90 bits per heavy atom. The zero-order valence-corrected chi connectivity index (χ0v) is 17.7. The molecule has 0 spiro atoms. The number of hydrogen-bond donors (Lipinski definition) is 1. The van der Waals surface area contributed by atoms with E-state index in [0.29, 0.717) is 31.3 Å². The van der Waals surface area contributed by atoms with Crippen molar-refractivity contribution in [3.05, 3.63) is 46.9 Å². The van der Waals surface area contributed by atoms with Gasteiger partial charge in [0.25, 0.3) is 0 Å². The van der Waals surface area contributed by atoms with E-state index in [-0.39, 0.29) is 5.69 Å². The quantitative estimate of drug-likeness (QED) is 0.750. The lowest BCUT2D eigenvalue weighted by molar-refractivity contribution is -0.137. The third kappa shape index (κ3) is 4.75. The van der Waals surface area contributed by atoms with E-state index in [2.05, 4.69) is 27.1 Å². The number of benzene rings is 1. The molecule has 1 aromatic heterocycles. The minimum Gasteiger partial charge on any atom is -0.356 e. The second-order valence-corrected chi connectivity index (χ2v) is 8.37. The molecule has 0 saturated carbocycles. The van der Waals surface area contributed by atoms with Crippen LogP contribution in [-0.2, 0) is 19.1 Å². The van der Waals surface area contributed by atoms with E-state index >= 15 is 0 Å². The number of nitrogens with one attached hydrogen (secondary N) is 1. The molecule has 2 aliphatic rings. The van der Waals surface area contributed by atoms with Crippen LogP contribution < -0.4 is 10.2 Å². The third-order valence-electron chi connectivity index (χ3n) is 5.96. The fourth-order valence-electron chi connectivity index (χ4n) is 4.15. The van der Waals surface area contributed by atoms with Gasteiger partial charge >= 0.3 is 12.2 Å². The summed E-state index contributed by atoms with van der Waals surface area (Å²) in [6.07, 6.45) is -1.68. The molecule has 2 aromatic rings. The van der Waals surface area contributed by atoms with E-state index in [0.717, 1.165) is 55.1 Å². The number of hydrogen-bond acceptors (Lipinski definition) is 4. The number of anilines is 2. The summed E-state index contributed by atoms with van der Waals surface area (Å²) in [7, 11) is 0. The van der Waals surface area contributed by atoms with Crippen LogP contribution in [0.4, 0.5) is 29.5 Å². The summed E-state index contributed by atoms with van der Waals surface area (Å²) in [5.74, 6) is 2.28. The minimum atomic E-state index is -4.46. The average Bonchev–Trinajstić information content (AvgIpc) is 2.73. The minimum absolute atomic E-state index is 0.121. The van der Waals surface area contributed by atoms with Crippen molar-refractivity contribution in [2.24, 2.45) is 5.92 Å². The molecule has 166 valence electrons. The van der Waals surface area contributed by atoms with Gasteiger partial charge in [0, 0.05) is 37.3 Å². The molecule has 1 N–H and O–H groups in total. The number of fused-ring (bicyclic) bond motifs is 1. The monoisotopic (exact) mass is 433 g/mol. The number of halogens is 3. The van der Waals surface area contributed by atoms with Crippen molar-refractivity contribution in [1.29, 1.82) is 0 Å². The summed E-state index contributed by atoms with van der Waals surface area (Å²) < 4.78 is 38.9. The largest absolute Gasteiger partial charge is 0.416 e. The molecule has 0 aliphatic carbocycles. The lowest BCUT2D eigenvalue weighted by Crippen LogP contribution is -2.41. The van der Waals surface area contributed by atoms with Crippen molar-refractivity contribution < 1.29 is 18.0 Å². The number of piperidine rings is 1. The second-order valence-electron chi connectivity index (χ2n) is 8.37. The zero-order valence-electron chi connectivity index (χ0n) is 17.7. The first kappa shape index (κ1) is 21.4. The lowest BCUT2D eigenvalue weighted by atomic mass is 9.98. The van der Waals surface area contributed by atoms with Gasteiger partial charge in [0.1, 0.15) is 11.6 Å². The first-order valence-electron chi connectivity index (χ1n) is 10.5. The van der Waals surface area contributed by atoms with E-state index in [1.54, 1.807) is 4.90 Å². The van der Waals surface area contributed by atoms with Gasteiger partial charge < -0.3 is 15.1 Å². The molecule has 1 fully saturated rings. The predicted molar refractivity (Wildman–Crippen MR) is 112 cm³/mol.